The van der Waals surface area contributed by atoms with Gasteiger partial charge < -0.3 is 10.2 Å². The van der Waals surface area contributed by atoms with E-state index in [4.69, 9.17) is 0 Å². The molecule has 0 saturated carbocycles. The van der Waals surface area contributed by atoms with E-state index in [1.165, 1.54) is 0 Å². The maximum atomic E-state index is 12.1. The van der Waals surface area contributed by atoms with E-state index in [2.05, 4.69) is 6.92 Å². The highest BCUT2D eigenvalue weighted by molar-refractivity contribution is 5.91. The Bertz CT molecular complexity index is 769. The molecule has 0 aliphatic rings. The number of hydrogen-bond acceptors (Lipinski definition) is 2. The van der Waals surface area contributed by atoms with E-state index in [9.17, 15) is 19.8 Å². The van der Waals surface area contributed by atoms with Gasteiger partial charge in [-0.2, -0.15) is 0 Å². The van der Waals surface area contributed by atoms with E-state index in [0.29, 0.717) is 36.0 Å². The summed E-state index contributed by atoms with van der Waals surface area (Å²) in [6.07, 6.45) is 10.8. The fraction of sp³-hybridized carbons (Fsp3) is 0.462. The van der Waals surface area contributed by atoms with Crippen LogP contribution in [0.5, 0.6) is 0 Å². The van der Waals surface area contributed by atoms with Gasteiger partial charge in [-0.3, -0.25) is 0 Å². The molecule has 30 heavy (non-hydrogen) atoms. The van der Waals surface area contributed by atoms with Crippen LogP contribution < -0.4 is 0 Å². The van der Waals surface area contributed by atoms with Crippen molar-refractivity contribution in [3.8, 4) is 0 Å². The van der Waals surface area contributed by atoms with E-state index >= 15 is 0 Å². The van der Waals surface area contributed by atoms with Crippen molar-refractivity contribution in [3.05, 3.63) is 64.3 Å². The van der Waals surface area contributed by atoms with Crippen LogP contribution in [0, 0.1) is 0 Å². The Kier molecular flexibility index (Phi) is 12.2. The highest BCUT2D eigenvalue weighted by Crippen LogP contribution is 2.28. The van der Waals surface area contributed by atoms with Gasteiger partial charge >= 0.3 is 11.9 Å². The molecule has 0 aliphatic heterocycles. The third kappa shape index (κ3) is 8.81. The molecule has 0 spiro atoms. The summed E-state index contributed by atoms with van der Waals surface area (Å²) in [5, 5.41) is 19.6. The SMILES string of the molecule is CCCCCCC(C(=O)O)=C(CC)C(=Cc1ccccc1)C=C(CCCC)C(=O)O. The lowest BCUT2D eigenvalue weighted by atomic mass is 9.90. The van der Waals surface area contributed by atoms with Gasteiger partial charge in [-0.15, -0.1) is 0 Å². The van der Waals surface area contributed by atoms with Crippen LogP contribution in [0.25, 0.3) is 6.08 Å². The molecule has 0 atom stereocenters. The van der Waals surface area contributed by atoms with Crippen molar-refractivity contribution in [3.63, 3.8) is 0 Å². The lowest BCUT2D eigenvalue weighted by Gasteiger charge is -2.14. The summed E-state index contributed by atoms with van der Waals surface area (Å²) in [6, 6.07) is 9.63. The Morgan fingerprint density at radius 2 is 1.47 bits per heavy atom. The maximum Gasteiger partial charge on any atom is 0.331 e. The van der Waals surface area contributed by atoms with Crippen molar-refractivity contribution in [1.82, 2.24) is 0 Å². The highest BCUT2D eigenvalue weighted by atomic mass is 16.4. The normalized spacial score (nSPS) is 13.2. The molecule has 0 bridgehead atoms. The van der Waals surface area contributed by atoms with Crippen molar-refractivity contribution >= 4 is 18.0 Å². The van der Waals surface area contributed by atoms with E-state index in [-0.39, 0.29) is 0 Å². The third-order valence-electron chi connectivity index (χ3n) is 5.13. The molecule has 4 nitrogen and oxygen atoms in total. The maximum absolute atomic E-state index is 12.1. The summed E-state index contributed by atoms with van der Waals surface area (Å²) in [6.45, 7) is 6.08. The molecule has 0 radical (unpaired) electrons. The summed E-state index contributed by atoms with van der Waals surface area (Å²) < 4.78 is 0. The second-order valence-corrected chi connectivity index (χ2v) is 7.52. The van der Waals surface area contributed by atoms with Crippen LogP contribution in [0.1, 0.15) is 84.1 Å². The first kappa shape index (κ1) is 25.4. The molecule has 0 amide bonds. The van der Waals surface area contributed by atoms with Gasteiger partial charge in [0.05, 0.1) is 0 Å². The van der Waals surface area contributed by atoms with Gasteiger partial charge in [0.15, 0.2) is 0 Å². The molecule has 1 rings (SSSR count). The predicted octanol–water partition coefficient (Wildman–Crippen LogP) is 7.03. The van der Waals surface area contributed by atoms with Crippen molar-refractivity contribution in [2.45, 2.75) is 78.6 Å². The van der Waals surface area contributed by atoms with Crippen molar-refractivity contribution in [2.75, 3.05) is 0 Å². The molecule has 4 heteroatoms. The summed E-state index contributed by atoms with van der Waals surface area (Å²) in [5.74, 6) is -1.86. The summed E-state index contributed by atoms with van der Waals surface area (Å²) in [5.41, 5.74) is 3.04. The lowest BCUT2D eigenvalue weighted by Crippen LogP contribution is -2.08. The molecule has 0 fully saturated rings. The monoisotopic (exact) mass is 412 g/mol. The van der Waals surface area contributed by atoms with Gasteiger partial charge in [0.1, 0.15) is 0 Å². The molecule has 164 valence electrons. The molecule has 0 heterocycles. The molecule has 1 aromatic carbocycles. The predicted molar refractivity (Wildman–Crippen MR) is 123 cm³/mol. The lowest BCUT2D eigenvalue weighted by molar-refractivity contribution is -0.133. The standard InChI is InChI=1S/C26H36O4/c1-4-7-9-13-17-24(26(29)30)23(6-3)22(18-20-14-11-10-12-15-20)19-21(25(27)28)16-8-5-2/h10-12,14-15,18-19H,4-9,13,16-17H2,1-3H3,(H,27,28)(H,29,30). The Hall–Kier alpha value is -2.62. The summed E-state index contributed by atoms with van der Waals surface area (Å²) in [4.78, 5) is 23.9. The smallest absolute Gasteiger partial charge is 0.331 e. The number of rotatable bonds is 14. The van der Waals surface area contributed by atoms with Crippen LogP contribution >= 0.6 is 0 Å². The topological polar surface area (TPSA) is 74.6 Å². The minimum Gasteiger partial charge on any atom is -0.478 e. The molecular weight excluding hydrogens is 376 g/mol. The fourth-order valence-electron chi connectivity index (χ4n) is 3.45. The number of unbranched alkanes of at least 4 members (excludes halogenated alkanes) is 4. The van der Waals surface area contributed by atoms with Crippen LogP contribution in [0.3, 0.4) is 0 Å². The quantitative estimate of drug-likeness (QED) is 0.195. The van der Waals surface area contributed by atoms with Crippen molar-refractivity contribution in [2.24, 2.45) is 0 Å². The van der Waals surface area contributed by atoms with E-state index in [1.807, 2.05) is 50.3 Å². The Morgan fingerprint density at radius 1 is 0.800 bits per heavy atom. The number of aliphatic carboxylic acids is 2. The molecule has 1 aromatic rings. The van der Waals surface area contributed by atoms with E-state index in [1.54, 1.807) is 6.08 Å². The largest absolute Gasteiger partial charge is 0.478 e. The Morgan fingerprint density at radius 3 is 2.00 bits per heavy atom. The number of hydrogen-bond donors (Lipinski definition) is 2. The Balaban J connectivity index is 3.52. The average Bonchev–Trinajstić information content (AvgIpc) is 2.73. The van der Waals surface area contributed by atoms with Gasteiger partial charge in [-0.25, -0.2) is 9.59 Å². The van der Waals surface area contributed by atoms with Crippen LogP contribution in [0.15, 0.2) is 58.7 Å². The minimum absolute atomic E-state index is 0.320. The van der Waals surface area contributed by atoms with Gasteiger partial charge in [0.2, 0.25) is 0 Å². The molecule has 0 aliphatic carbocycles. The zero-order valence-corrected chi connectivity index (χ0v) is 18.6. The van der Waals surface area contributed by atoms with Crippen molar-refractivity contribution in [1.29, 1.82) is 0 Å². The van der Waals surface area contributed by atoms with Crippen LogP contribution in [0.2, 0.25) is 0 Å². The molecular formula is C26H36O4. The number of carbonyl (C=O) groups is 2. The second-order valence-electron chi connectivity index (χ2n) is 7.52. The van der Waals surface area contributed by atoms with Gasteiger partial charge in [0, 0.05) is 11.1 Å². The molecule has 0 saturated heterocycles. The minimum atomic E-state index is -0.947. The van der Waals surface area contributed by atoms with Gasteiger partial charge in [-0.1, -0.05) is 76.8 Å². The number of benzene rings is 1. The first-order chi connectivity index (χ1) is 14.4. The van der Waals surface area contributed by atoms with E-state index < -0.39 is 11.9 Å². The van der Waals surface area contributed by atoms with Gasteiger partial charge in [0.25, 0.3) is 0 Å². The molecule has 2 N–H and O–H groups in total. The number of allylic oxidation sites excluding steroid dienone is 3. The Labute approximate surface area is 181 Å². The third-order valence-corrected chi connectivity index (χ3v) is 5.13. The van der Waals surface area contributed by atoms with Crippen LogP contribution in [0.4, 0.5) is 0 Å². The van der Waals surface area contributed by atoms with E-state index in [0.717, 1.165) is 49.7 Å². The average molecular weight is 413 g/mol. The second kappa shape index (κ2) is 14.4. The first-order valence-electron chi connectivity index (χ1n) is 11.1. The van der Waals surface area contributed by atoms with Crippen LogP contribution in [-0.4, -0.2) is 22.2 Å². The molecule has 0 aromatic heterocycles. The molecule has 0 unspecified atom stereocenters. The first-order valence-corrected chi connectivity index (χ1v) is 11.1. The van der Waals surface area contributed by atoms with Gasteiger partial charge in [-0.05, 0) is 61.0 Å². The zero-order valence-electron chi connectivity index (χ0n) is 18.6. The zero-order chi connectivity index (χ0) is 22.4. The number of carboxylic acids is 2. The number of carboxylic acid groups (broad SMARTS) is 2. The summed E-state index contributed by atoms with van der Waals surface area (Å²) >= 11 is 0. The fourth-order valence-corrected chi connectivity index (χ4v) is 3.45. The van der Waals surface area contributed by atoms with Crippen molar-refractivity contribution < 1.29 is 19.8 Å². The summed E-state index contributed by atoms with van der Waals surface area (Å²) in [7, 11) is 0. The van der Waals surface area contributed by atoms with Crippen LogP contribution in [-0.2, 0) is 9.59 Å². The highest BCUT2D eigenvalue weighted by Gasteiger charge is 2.17.